The van der Waals surface area contributed by atoms with Crippen molar-refractivity contribution in [1.29, 1.82) is 0 Å². The highest BCUT2D eigenvalue weighted by atomic mass is 16.6. The zero-order valence-corrected chi connectivity index (χ0v) is 18.6. The van der Waals surface area contributed by atoms with Crippen LogP contribution in [0.1, 0.15) is 38.3 Å². The molecule has 1 aromatic carbocycles. The zero-order valence-electron chi connectivity index (χ0n) is 18.6. The van der Waals surface area contributed by atoms with Gasteiger partial charge < -0.3 is 24.6 Å². The second-order valence-electron chi connectivity index (χ2n) is 8.47. The van der Waals surface area contributed by atoms with E-state index in [1.807, 2.05) is 32.0 Å². The molecular formula is C22H33N3O5. The molecule has 0 spiro atoms. The van der Waals surface area contributed by atoms with Gasteiger partial charge in [0.2, 0.25) is 5.91 Å². The van der Waals surface area contributed by atoms with Gasteiger partial charge in [-0.15, -0.1) is 0 Å². The minimum Gasteiger partial charge on any atom is -0.484 e. The van der Waals surface area contributed by atoms with E-state index in [2.05, 4.69) is 5.32 Å². The van der Waals surface area contributed by atoms with E-state index in [0.29, 0.717) is 31.9 Å². The lowest BCUT2D eigenvalue weighted by molar-refractivity contribution is -0.140. The Bertz CT molecular complexity index is 765. The molecule has 0 bridgehead atoms. The number of piperazine rings is 1. The predicted molar refractivity (Wildman–Crippen MR) is 113 cm³/mol. The van der Waals surface area contributed by atoms with Crippen LogP contribution in [0, 0.1) is 13.8 Å². The molecule has 0 saturated carbocycles. The molecule has 0 radical (unpaired) electrons. The van der Waals surface area contributed by atoms with Crippen molar-refractivity contribution in [2.75, 3.05) is 39.3 Å². The molecular weight excluding hydrogens is 386 g/mol. The van der Waals surface area contributed by atoms with Crippen LogP contribution in [0.3, 0.4) is 0 Å². The normalized spacial score (nSPS) is 14.3. The molecule has 1 aromatic rings. The van der Waals surface area contributed by atoms with E-state index >= 15 is 0 Å². The highest BCUT2D eigenvalue weighted by molar-refractivity contribution is 5.79. The third kappa shape index (κ3) is 7.57. The molecule has 1 N–H and O–H groups in total. The summed E-state index contributed by atoms with van der Waals surface area (Å²) in [5, 5.41) is 2.59. The first-order valence-corrected chi connectivity index (χ1v) is 10.3. The molecule has 0 unspecified atom stereocenters. The van der Waals surface area contributed by atoms with Crippen LogP contribution in [0.15, 0.2) is 18.2 Å². The minimum atomic E-state index is -0.570. The summed E-state index contributed by atoms with van der Waals surface area (Å²) in [5.41, 5.74) is 1.72. The Balaban J connectivity index is 1.68. The van der Waals surface area contributed by atoms with Gasteiger partial charge in [0, 0.05) is 39.1 Å². The number of aryl methyl sites for hydroxylation is 2. The maximum absolute atomic E-state index is 12.4. The monoisotopic (exact) mass is 419 g/mol. The Hall–Kier alpha value is -2.77. The number of ether oxygens (including phenoxy) is 2. The maximum atomic E-state index is 12.4. The average Bonchev–Trinajstić information content (AvgIpc) is 2.67. The lowest BCUT2D eigenvalue weighted by Gasteiger charge is -2.34. The first-order valence-electron chi connectivity index (χ1n) is 10.3. The van der Waals surface area contributed by atoms with Gasteiger partial charge in [0.05, 0.1) is 0 Å². The fourth-order valence-corrected chi connectivity index (χ4v) is 2.99. The van der Waals surface area contributed by atoms with Crippen molar-refractivity contribution < 1.29 is 23.9 Å². The molecule has 30 heavy (non-hydrogen) atoms. The molecule has 3 amide bonds. The smallest absolute Gasteiger partial charge is 0.407 e. The van der Waals surface area contributed by atoms with Crippen LogP contribution in [0.2, 0.25) is 0 Å². The summed E-state index contributed by atoms with van der Waals surface area (Å²) < 4.78 is 10.8. The molecule has 8 heteroatoms. The number of carbonyl (C=O) groups excluding carboxylic acids is 3. The first-order chi connectivity index (χ1) is 14.0. The van der Waals surface area contributed by atoms with E-state index in [0.717, 1.165) is 5.56 Å². The maximum Gasteiger partial charge on any atom is 0.407 e. The molecule has 1 fully saturated rings. The number of nitrogens with one attached hydrogen (secondary N) is 1. The van der Waals surface area contributed by atoms with Gasteiger partial charge in [-0.2, -0.15) is 0 Å². The van der Waals surface area contributed by atoms with Crippen LogP contribution >= 0.6 is 0 Å². The molecule has 1 aliphatic rings. The molecule has 1 saturated heterocycles. The third-order valence-corrected chi connectivity index (χ3v) is 4.83. The van der Waals surface area contributed by atoms with Crippen molar-refractivity contribution in [2.45, 2.75) is 46.6 Å². The van der Waals surface area contributed by atoms with Crippen molar-refractivity contribution in [2.24, 2.45) is 0 Å². The van der Waals surface area contributed by atoms with E-state index in [1.165, 1.54) is 5.56 Å². The van der Waals surface area contributed by atoms with Crippen molar-refractivity contribution in [3.05, 3.63) is 29.3 Å². The van der Waals surface area contributed by atoms with E-state index in [9.17, 15) is 14.4 Å². The number of hydrogen-bond acceptors (Lipinski definition) is 5. The van der Waals surface area contributed by atoms with Crippen LogP contribution < -0.4 is 10.1 Å². The molecule has 8 nitrogen and oxygen atoms in total. The molecule has 0 aliphatic carbocycles. The zero-order chi connectivity index (χ0) is 22.3. The Labute approximate surface area is 178 Å². The summed E-state index contributed by atoms with van der Waals surface area (Å²) in [6.07, 6.45) is -0.335. The number of rotatable bonds is 6. The van der Waals surface area contributed by atoms with Gasteiger partial charge in [-0.1, -0.05) is 6.07 Å². The van der Waals surface area contributed by atoms with Crippen LogP contribution in [-0.2, 0) is 14.3 Å². The molecule has 1 aliphatic heterocycles. The summed E-state index contributed by atoms with van der Waals surface area (Å²) in [5.74, 6) is 0.536. The van der Waals surface area contributed by atoms with Gasteiger partial charge >= 0.3 is 6.09 Å². The predicted octanol–water partition coefficient (Wildman–Crippen LogP) is 2.27. The fourth-order valence-electron chi connectivity index (χ4n) is 2.99. The Kier molecular flexibility index (Phi) is 8.08. The highest BCUT2D eigenvalue weighted by Gasteiger charge is 2.24. The average molecular weight is 420 g/mol. The van der Waals surface area contributed by atoms with E-state index in [4.69, 9.17) is 9.47 Å². The summed E-state index contributed by atoms with van der Waals surface area (Å²) in [6.45, 7) is 11.5. The van der Waals surface area contributed by atoms with E-state index < -0.39 is 11.7 Å². The minimum absolute atomic E-state index is 0.0176. The van der Waals surface area contributed by atoms with Gasteiger partial charge in [0.25, 0.3) is 5.91 Å². The Morgan fingerprint density at radius 2 is 1.57 bits per heavy atom. The Morgan fingerprint density at radius 3 is 2.13 bits per heavy atom. The van der Waals surface area contributed by atoms with Crippen molar-refractivity contribution in [3.8, 4) is 5.75 Å². The first kappa shape index (κ1) is 23.5. The molecule has 0 atom stereocenters. The SMILES string of the molecule is Cc1ccc(OCC(=O)N2CCN(C(=O)CCNC(=O)OC(C)(C)C)CC2)cc1C. The van der Waals surface area contributed by atoms with Crippen LogP contribution in [-0.4, -0.2) is 72.6 Å². The number of alkyl carbamates (subject to hydrolysis) is 1. The second-order valence-corrected chi connectivity index (χ2v) is 8.47. The number of benzene rings is 1. The summed E-state index contributed by atoms with van der Waals surface area (Å²) in [4.78, 5) is 39.8. The fraction of sp³-hybridized carbons (Fsp3) is 0.591. The van der Waals surface area contributed by atoms with Crippen LogP contribution in [0.25, 0.3) is 0 Å². The van der Waals surface area contributed by atoms with Crippen LogP contribution in [0.5, 0.6) is 5.75 Å². The lowest BCUT2D eigenvalue weighted by atomic mass is 10.1. The molecule has 166 valence electrons. The van der Waals surface area contributed by atoms with Crippen LogP contribution in [0.4, 0.5) is 4.79 Å². The number of hydrogen-bond donors (Lipinski definition) is 1. The second kappa shape index (κ2) is 10.3. The van der Waals surface area contributed by atoms with Gasteiger partial charge in [-0.05, 0) is 57.9 Å². The van der Waals surface area contributed by atoms with Crippen molar-refractivity contribution in [1.82, 2.24) is 15.1 Å². The van der Waals surface area contributed by atoms with Crippen molar-refractivity contribution in [3.63, 3.8) is 0 Å². The lowest BCUT2D eigenvalue weighted by Crippen LogP contribution is -2.52. The quantitative estimate of drug-likeness (QED) is 0.764. The topological polar surface area (TPSA) is 88.2 Å². The summed E-state index contributed by atoms with van der Waals surface area (Å²) in [7, 11) is 0. The third-order valence-electron chi connectivity index (χ3n) is 4.83. The number of nitrogens with zero attached hydrogens (tertiary/aromatic N) is 2. The molecule has 1 heterocycles. The highest BCUT2D eigenvalue weighted by Crippen LogP contribution is 2.16. The van der Waals surface area contributed by atoms with Gasteiger partial charge in [-0.25, -0.2) is 4.79 Å². The Morgan fingerprint density at radius 1 is 0.967 bits per heavy atom. The summed E-state index contributed by atoms with van der Waals surface area (Å²) >= 11 is 0. The molecule has 2 rings (SSSR count). The number of carbonyl (C=O) groups is 3. The van der Waals surface area contributed by atoms with Gasteiger partial charge in [0.15, 0.2) is 6.61 Å². The van der Waals surface area contributed by atoms with Gasteiger partial charge in [0.1, 0.15) is 11.4 Å². The van der Waals surface area contributed by atoms with Crippen molar-refractivity contribution >= 4 is 17.9 Å². The van der Waals surface area contributed by atoms with E-state index in [-0.39, 0.29) is 31.4 Å². The van der Waals surface area contributed by atoms with E-state index in [1.54, 1.807) is 30.6 Å². The van der Waals surface area contributed by atoms with Gasteiger partial charge in [-0.3, -0.25) is 9.59 Å². The number of amides is 3. The molecule has 0 aromatic heterocycles. The largest absolute Gasteiger partial charge is 0.484 e. The summed E-state index contributed by atoms with van der Waals surface area (Å²) in [6, 6.07) is 5.75. The standard InChI is InChI=1S/C22H33N3O5/c1-16-6-7-18(14-17(16)2)29-15-20(27)25-12-10-24(11-13-25)19(26)8-9-23-21(28)30-22(3,4)5/h6-7,14H,8-13,15H2,1-5H3,(H,23,28).